The highest BCUT2D eigenvalue weighted by molar-refractivity contribution is 8.14. The van der Waals surface area contributed by atoms with Crippen molar-refractivity contribution in [3.05, 3.63) is 118 Å². The third-order valence-electron chi connectivity index (χ3n) is 6.24. The number of likely N-dealkylation sites (tertiary alicyclic amines) is 1. The number of carbonyl (C=O) groups excluding carboxylic acids is 2. The Morgan fingerprint density at radius 3 is 2.33 bits per heavy atom. The van der Waals surface area contributed by atoms with Crippen LogP contribution in [0.2, 0.25) is 0 Å². The number of esters is 1. The van der Waals surface area contributed by atoms with Crippen LogP contribution >= 0.6 is 30.0 Å². The van der Waals surface area contributed by atoms with Gasteiger partial charge in [0.1, 0.15) is 23.5 Å². The first-order valence-corrected chi connectivity index (χ1v) is 15.9. The number of β-lactam (4-membered cyclic amide) rings is 1. The third-order valence-corrected chi connectivity index (χ3v) is 8.81. The van der Waals surface area contributed by atoms with Gasteiger partial charge in [-0.25, -0.2) is 9.36 Å². The number of nitro benzene ring substituents is 1. The summed E-state index contributed by atoms with van der Waals surface area (Å²) in [6.07, 6.45) is 0.514. The van der Waals surface area contributed by atoms with Gasteiger partial charge < -0.3 is 13.8 Å². The van der Waals surface area contributed by atoms with E-state index in [0.717, 1.165) is 10.6 Å². The highest BCUT2D eigenvalue weighted by Crippen LogP contribution is 2.56. The lowest BCUT2D eigenvalue weighted by atomic mass is 10.1. The minimum atomic E-state index is -4.32. The van der Waals surface area contributed by atoms with Gasteiger partial charge in [-0.15, -0.1) is 0 Å². The summed E-state index contributed by atoms with van der Waals surface area (Å²) in [5.74, 6) is -1.49. The van der Waals surface area contributed by atoms with Crippen molar-refractivity contribution >= 4 is 52.6 Å². The molecule has 11 nitrogen and oxygen atoms in total. The first kappa shape index (κ1) is 29.4. The Kier molecular flexibility index (Phi) is 8.67. The molecule has 0 spiro atoms. The number of thioether (sulfide) groups is 1. The Hall–Kier alpha value is -4.12. The number of rotatable bonds is 11. The van der Waals surface area contributed by atoms with Gasteiger partial charge in [0, 0.05) is 29.8 Å². The SMILES string of the molecule is CC(OP(=O)(Cl)Oc1ccccc1)=C(C(=O)OCc1ccc([N+](=O)[O-])cc1)N1C(=O)C2N=C(Cc3ccccc3)SC21. The molecule has 1 saturated heterocycles. The summed E-state index contributed by atoms with van der Waals surface area (Å²) in [5.41, 5.74) is 1.07. The molecule has 3 unspecified atom stereocenters. The fourth-order valence-electron chi connectivity index (χ4n) is 4.28. The van der Waals surface area contributed by atoms with Gasteiger partial charge in [0.25, 0.3) is 11.6 Å². The van der Waals surface area contributed by atoms with Crippen LogP contribution in [0.5, 0.6) is 5.75 Å². The number of non-ortho nitro benzene ring substituents is 1. The fourth-order valence-corrected chi connectivity index (χ4v) is 6.98. The fraction of sp³-hybridized carbons (Fsp3) is 0.179. The number of aliphatic imine (C=N–C) groups is 1. The highest BCUT2D eigenvalue weighted by atomic mass is 35.7. The summed E-state index contributed by atoms with van der Waals surface area (Å²) in [6, 6.07) is 22.5. The topological polar surface area (TPSA) is 138 Å². The standard InChI is InChI=1S/C28H23ClN3O8PS/c1-18(39-41(29,37)40-22-10-6-3-7-11-22)25(28(34)38-17-20-12-14-21(15-13-20)32(35)36)31-26(33)24-27(31)42-23(30-24)16-19-8-4-2-5-9-19/h2-15,24,27H,16-17H2,1H3. The zero-order valence-electron chi connectivity index (χ0n) is 22.0. The van der Waals surface area contributed by atoms with Gasteiger partial charge in [0.15, 0.2) is 11.7 Å². The molecule has 1 amide bonds. The van der Waals surface area contributed by atoms with E-state index in [-0.39, 0.29) is 29.5 Å². The van der Waals surface area contributed by atoms with Crippen molar-refractivity contribution in [2.45, 2.75) is 31.4 Å². The van der Waals surface area contributed by atoms with E-state index in [1.54, 1.807) is 18.2 Å². The van der Waals surface area contributed by atoms with E-state index in [9.17, 15) is 24.3 Å². The van der Waals surface area contributed by atoms with Gasteiger partial charge in [-0.05, 0) is 42.3 Å². The first-order chi connectivity index (χ1) is 20.1. The molecule has 2 heterocycles. The average molecular weight is 628 g/mol. The molecule has 0 aliphatic carbocycles. The zero-order valence-corrected chi connectivity index (χ0v) is 24.5. The lowest BCUT2D eigenvalue weighted by Crippen LogP contribution is -2.61. The van der Waals surface area contributed by atoms with Crippen LogP contribution in [0.1, 0.15) is 18.1 Å². The van der Waals surface area contributed by atoms with Crippen LogP contribution in [0.15, 0.2) is 101 Å². The second kappa shape index (κ2) is 12.4. The summed E-state index contributed by atoms with van der Waals surface area (Å²) in [5, 5.41) is 11.1. The van der Waals surface area contributed by atoms with Crippen LogP contribution in [0.3, 0.4) is 0 Å². The van der Waals surface area contributed by atoms with Crippen molar-refractivity contribution in [3.8, 4) is 5.75 Å². The average Bonchev–Trinajstić information content (AvgIpc) is 3.33. The van der Waals surface area contributed by atoms with E-state index in [4.69, 9.17) is 25.0 Å². The molecule has 5 rings (SSSR count). The molecule has 2 aliphatic heterocycles. The number of amides is 1. The molecular formula is C28H23ClN3O8PS. The van der Waals surface area contributed by atoms with E-state index >= 15 is 0 Å². The molecule has 14 heteroatoms. The van der Waals surface area contributed by atoms with Crippen LogP contribution in [0.4, 0.5) is 5.69 Å². The second-order valence-electron chi connectivity index (χ2n) is 9.18. The molecule has 3 aromatic rings. The van der Waals surface area contributed by atoms with Crippen molar-refractivity contribution in [1.29, 1.82) is 0 Å². The Labute approximate surface area is 249 Å². The smallest absolute Gasteiger partial charge is 0.456 e. The quantitative estimate of drug-likeness (QED) is 0.0460. The Balaban J connectivity index is 1.37. The Bertz CT molecular complexity index is 1620. The molecule has 0 bridgehead atoms. The normalized spacial score (nSPS) is 19.4. The van der Waals surface area contributed by atoms with Crippen molar-refractivity contribution < 1.29 is 32.9 Å². The van der Waals surface area contributed by atoms with Crippen LogP contribution in [0, 0.1) is 10.1 Å². The molecule has 0 aromatic heterocycles. The molecule has 2 aliphatic rings. The van der Waals surface area contributed by atoms with Crippen molar-refractivity contribution in [1.82, 2.24) is 4.90 Å². The zero-order chi connectivity index (χ0) is 29.9. The van der Waals surface area contributed by atoms with Gasteiger partial charge in [0.2, 0.25) is 0 Å². The maximum atomic E-state index is 13.4. The molecular weight excluding hydrogens is 605 g/mol. The maximum absolute atomic E-state index is 13.4. The van der Waals surface area contributed by atoms with Gasteiger partial charge in [-0.1, -0.05) is 60.3 Å². The van der Waals surface area contributed by atoms with Crippen molar-refractivity contribution in [2.24, 2.45) is 4.99 Å². The van der Waals surface area contributed by atoms with E-state index in [1.165, 1.54) is 60.0 Å². The number of nitrogens with zero attached hydrogens (tertiary/aromatic N) is 3. The number of para-hydroxylation sites is 1. The van der Waals surface area contributed by atoms with Gasteiger partial charge in [-0.3, -0.25) is 24.8 Å². The first-order valence-electron chi connectivity index (χ1n) is 12.6. The number of fused-ring (bicyclic) bond motifs is 1. The number of hydrogen-bond donors (Lipinski definition) is 0. The second-order valence-corrected chi connectivity index (χ2v) is 12.8. The third kappa shape index (κ3) is 6.67. The number of benzene rings is 3. The maximum Gasteiger partial charge on any atom is 0.530 e. The number of halogens is 1. The van der Waals surface area contributed by atoms with Crippen molar-refractivity contribution in [3.63, 3.8) is 0 Å². The molecule has 42 heavy (non-hydrogen) atoms. The monoisotopic (exact) mass is 627 g/mol. The largest absolute Gasteiger partial charge is 0.530 e. The van der Waals surface area contributed by atoms with Gasteiger partial charge >= 0.3 is 12.9 Å². The number of ether oxygens (including phenoxy) is 1. The number of allylic oxidation sites excluding steroid dienone is 1. The lowest BCUT2D eigenvalue weighted by molar-refractivity contribution is -0.384. The molecule has 0 radical (unpaired) electrons. The van der Waals surface area contributed by atoms with E-state index in [1.807, 2.05) is 30.3 Å². The molecule has 1 fully saturated rings. The van der Waals surface area contributed by atoms with Crippen LogP contribution in [0.25, 0.3) is 0 Å². The van der Waals surface area contributed by atoms with Crippen LogP contribution in [-0.4, -0.2) is 38.2 Å². The molecule has 0 saturated carbocycles. The Morgan fingerprint density at radius 1 is 1.05 bits per heavy atom. The Morgan fingerprint density at radius 2 is 1.69 bits per heavy atom. The van der Waals surface area contributed by atoms with Crippen LogP contribution in [-0.2, 0) is 36.4 Å². The van der Waals surface area contributed by atoms with Crippen molar-refractivity contribution in [2.75, 3.05) is 0 Å². The highest BCUT2D eigenvalue weighted by Gasteiger charge is 2.55. The summed E-state index contributed by atoms with van der Waals surface area (Å²) < 4.78 is 29.3. The number of carbonyl (C=O) groups is 2. The molecule has 3 aromatic carbocycles. The predicted molar refractivity (Wildman–Crippen MR) is 157 cm³/mol. The number of hydrogen-bond acceptors (Lipinski definition) is 10. The van der Waals surface area contributed by atoms with E-state index in [0.29, 0.717) is 12.0 Å². The summed E-state index contributed by atoms with van der Waals surface area (Å²) in [4.78, 5) is 42.8. The summed E-state index contributed by atoms with van der Waals surface area (Å²) >= 11 is 7.42. The van der Waals surface area contributed by atoms with E-state index in [2.05, 4.69) is 4.99 Å². The summed E-state index contributed by atoms with van der Waals surface area (Å²) in [7, 11) is 0. The lowest BCUT2D eigenvalue weighted by Gasteiger charge is -2.41. The molecule has 216 valence electrons. The van der Waals surface area contributed by atoms with Gasteiger partial charge in [-0.2, -0.15) is 0 Å². The predicted octanol–water partition coefficient (Wildman–Crippen LogP) is 6.24. The van der Waals surface area contributed by atoms with Gasteiger partial charge in [0.05, 0.1) is 9.97 Å². The van der Waals surface area contributed by atoms with Crippen LogP contribution < -0.4 is 4.52 Å². The molecule has 3 atom stereocenters. The number of nitro groups is 1. The minimum absolute atomic E-state index is 0.118. The molecule has 0 N–H and O–H groups in total. The minimum Gasteiger partial charge on any atom is -0.456 e. The summed E-state index contributed by atoms with van der Waals surface area (Å²) in [6.45, 7) is -3.25. The van der Waals surface area contributed by atoms with E-state index < -0.39 is 35.2 Å².